The summed E-state index contributed by atoms with van der Waals surface area (Å²) in [5, 5.41) is 9.76. The second-order valence-corrected chi connectivity index (χ2v) is 8.10. The first-order valence-electron chi connectivity index (χ1n) is 10.6. The van der Waals surface area contributed by atoms with Crippen LogP contribution in [-0.2, 0) is 4.79 Å². The van der Waals surface area contributed by atoms with Crippen LogP contribution in [0.4, 0.5) is 11.4 Å². The predicted molar refractivity (Wildman–Crippen MR) is 119 cm³/mol. The Balaban J connectivity index is 1.46. The van der Waals surface area contributed by atoms with Crippen molar-refractivity contribution in [2.24, 2.45) is 0 Å². The highest BCUT2D eigenvalue weighted by Crippen LogP contribution is 2.40. The number of anilines is 2. The van der Waals surface area contributed by atoms with Crippen molar-refractivity contribution in [1.82, 2.24) is 9.97 Å². The lowest BCUT2D eigenvalue weighted by Crippen LogP contribution is -2.35. The highest BCUT2D eigenvalue weighted by Gasteiger charge is 2.34. The van der Waals surface area contributed by atoms with Gasteiger partial charge in [0.1, 0.15) is 0 Å². The largest absolute Gasteiger partial charge is 0.393 e. The number of rotatable bonds is 4. The summed E-state index contributed by atoms with van der Waals surface area (Å²) in [5.41, 5.74) is 6.09. The standard InChI is InChI=1S/C24H26N4O2/c1-2-16-13-23(30)28(19-7-8-21-22(14-19)26-15-25-21)24(16)17-3-5-18(6-4-17)27-11-9-20(29)10-12-27/h3-8,13-15,20,24,29H,2,9-12H2,1H3,(H,25,26). The number of amides is 1. The van der Waals surface area contributed by atoms with E-state index in [-0.39, 0.29) is 18.1 Å². The van der Waals surface area contributed by atoms with Crippen LogP contribution in [-0.4, -0.2) is 40.2 Å². The Labute approximate surface area is 175 Å². The maximum atomic E-state index is 12.9. The van der Waals surface area contributed by atoms with E-state index in [9.17, 15) is 9.90 Å². The van der Waals surface area contributed by atoms with Gasteiger partial charge in [0.15, 0.2) is 0 Å². The molecule has 0 saturated carbocycles. The third-order valence-corrected chi connectivity index (χ3v) is 6.28. The van der Waals surface area contributed by atoms with E-state index < -0.39 is 0 Å². The van der Waals surface area contributed by atoms with Gasteiger partial charge in [-0.05, 0) is 60.7 Å². The lowest BCUT2D eigenvalue weighted by Gasteiger charge is -2.32. The molecule has 30 heavy (non-hydrogen) atoms. The zero-order valence-electron chi connectivity index (χ0n) is 17.1. The normalized spacial score (nSPS) is 20.3. The second kappa shape index (κ2) is 7.61. The summed E-state index contributed by atoms with van der Waals surface area (Å²) in [7, 11) is 0. The molecule has 1 amide bonds. The van der Waals surface area contributed by atoms with Gasteiger partial charge in [0.2, 0.25) is 0 Å². The Hall–Kier alpha value is -3.12. The fraction of sp³-hybridized carbons (Fsp3) is 0.333. The van der Waals surface area contributed by atoms with Gasteiger partial charge < -0.3 is 15.0 Å². The average Bonchev–Trinajstić information content (AvgIpc) is 3.37. The van der Waals surface area contributed by atoms with Crippen LogP contribution in [0.15, 0.2) is 60.4 Å². The highest BCUT2D eigenvalue weighted by atomic mass is 16.3. The van der Waals surface area contributed by atoms with Crippen molar-refractivity contribution in [3.05, 3.63) is 66.0 Å². The Kier molecular flexibility index (Phi) is 4.79. The van der Waals surface area contributed by atoms with Crippen molar-refractivity contribution in [1.29, 1.82) is 0 Å². The van der Waals surface area contributed by atoms with E-state index in [0.29, 0.717) is 0 Å². The fourth-order valence-electron chi connectivity index (χ4n) is 4.60. The maximum absolute atomic E-state index is 12.9. The lowest BCUT2D eigenvalue weighted by atomic mass is 9.97. The molecule has 0 aliphatic carbocycles. The zero-order chi connectivity index (χ0) is 20.7. The summed E-state index contributed by atoms with van der Waals surface area (Å²) < 4.78 is 0. The van der Waals surface area contributed by atoms with Crippen LogP contribution in [0.3, 0.4) is 0 Å². The minimum atomic E-state index is -0.178. The van der Waals surface area contributed by atoms with Crippen LogP contribution >= 0.6 is 0 Å². The molecule has 2 aliphatic heterocycles. The van der Waals surface area contributed by atoms with Gasteiger partial charge in [-0.15, -0.1) is 0 Å². The molecule has 2 N–H and O–H groups in total. The smallest absolute Gasteiger partial charge is 0.251 e. The molecule has 0 spiro atoms. The summed E-state index contributed by atoms with van der Waals surface area (Å²) in [5.74, 6) is 0.0183. The van der Waals surface area contributed by atoms with Gasteiger partial charge in [0.05, 0.1) is 29.5 Å². The van der Waals surface area contributed by atoms with E-state index in [0.717, 1.165) is 60.2 Å². The molecule has 1 atom stereocenters. The molecule has 6 nitrogen and oxygen atoms in total. The number of nitrogens with zero attached hydrogens (tertiary/aromatic N) is 3. The van der Waals surface area contributed by atoms with Crippen LogP contribution in [0.5, 0.6) is 0 Å². The third-order valence-electron chi connectivity index (χ3n) is 6.28. The van der Waals surface area contributed by atoms with Crippen LogP contribution < -0.4 is 9.80 Å². The van der Waals surface area contributed by atoms with Crippen molar-refractivity contribution in [3.63, 3.8) is 0 Å². The number of aliphatic hydroxyl groups excluding tert-OH is 1. The van der Waals surface area contributed by atoms with Crippen LogP contribution in [0.2, 0.25) is 0 Å². The summed E-state index contributed by atoms with van der Waals surface area (Å²) in [6, 6.07) is 14.4. The molecule has 0 bridgehead atoms. The molecular weight excluding hydrogens is 376 g/mol. The zero-order valence-corrected chi connectivity index (χ0v) is 17.1. The van der Waals surface area contributed by atoms with Crippen molar-refractivity contribution in [2.75, 3.05) is 22.9 Å². The number of hydrogen-bond donors (Lipinski definition) is 2. The number of benzene rings is 2. The molecule has 6 heteroatoms. The van der Waals surface area contributed by atoms with Gasteiger partial charge in [0.25, 0.3) is 5.91 Å². The number of carbonyl (C=O) groups excluding carboxylic acids is 1. The summed E-state index contributed by atoms with van der Waals surface area (Å²) >= 11 is 0. The molecule has 1 unspecified atom stereocenters. The second-order valence-electron chi connectivity index (χ2n) is 8.10. The molecule has 2 aliphatic rings. The predicted octanol–water partition coefficient (Wildman–Crippen LogP) is 3.95. The monoisotopic (exact) mass is 402 g/mol. The van der Waals surface area contributed by atoms with E-state index in [4.69, 9.17) is 0 Å². The number of imidazole rings is 1. The molecule has 5 rings (SSSR count). The highest BCUT2D eigenvalue weighted by molar-refractivity contribution is 6.06. The number of aromatic amines is 1. The molecule has 1 aromatic heterocycles. The van der Waals surface area contributed by atoms with Gasteiger partial charge in [-0.25, -0.2) is 4.98 Å². The van der Waals surface area contributed by atoms with E-state index in [1.54, 1.807) is 12.4 Å². The Morgan fingerprint density at radius 3 is 2.57 bits per heavy atom. The molecular formula is C24H26N4O2. The number of carbonyl (C=O) groups is 1. The van der Waals surface area contributed by atoms with Crippen LogP contribution in [0.25, 0.3) is 11.0 Å². The van der Waals surface area contributed by atoms with Crippen molar-refractivity contribution in [2.45, 2.75) is 38.3 Å². The van der Waals surface area contributed by atoms with Crippen LogP contribution in [0, 0.1) is 0 Å². The topological polar surface area (TPSA) is 72.5 Å². The maximum Gasteiger partial charge on any atom is 0.251 e. The Morgan fingerprint density at radius 1 is 1.10 bits per heavy atom. The Morgan fingerprint density at radius 2 is 1.83 bits per heavy atom. The average molecular weight is 402 g/mol. The summed E-state index contributed by atoms with van der Waals surface area (Å²) in [6.07, 6.45) is 5.72. The SMILES string of the molecule is CCC1=CC(=O)N(c2ccc3nc[nH]c3c2)C1c1ccc(N2CCC(O)CC2)cc1. The van der Waals surface area contributed by atoms with Gasteiger partial charge in [-0.1, -0.05) is 19.1 Å². The number of hydrogen-bond acceptors (Lipinski definition) is 4. The first-order valence-corrected chi connectivity index (χ1v) is 10.6. The first kappa shape index (κ1) is 18.9. The van der Waals surface area contributed by atoms with Gasteiger partial charge in [0, 0.05) is 30.5 Å². The van der Waals surface area contributed by atoms with Crippen LogP contribution in [0.1, 0.15) is 37.8 Å². The number of H-pyrrole nitrogens is 1. The molecule has 1 saturated heterocycles. The number of fused-ring (bicyclic) bond motifs is 1. The first-order chi connectivity index (χ1) is 14.6. The van der Waals surface area contributed by atoms with Gasteiger partial charge in [-0.2, -0.15) is 0 Å². The molecule has 3 aromatic rings. The number of aromatic nitrogens is 2. The molecule has 2 aromatic carbocycles. The summed E-state index contributed by atoms with van der Waals surface area (Å²) in [6.45, 7) is 3.85. The molecule has 1 fully saturated rings. The number of piperidine rings is 1. The number of aliphatic hydroxyl groups is 1. The molecule has 0 radical (unpaired) electrons. The van der Waals surface area contributed by atoms with E-state index in [1.165, 1.54) is 5.69 Å². The number of nitrogens with one attached hydrogen (secondary N) is 1. The minimum Gasteiger partial charge on any atom is -0.393 e. The lowest BCUT2D eigenvalue weighted by molar-refractivity contribution is -0.113. The van der Waals surface area contributed by atoms with Crippen molar-refractivity contribution in [3.8, 4) is 0 Å². The van der Waals surface area contributed by atoms with E-state index in [2.05, 4.69) is 46.1 Å². The summed E-state index contributed by atoms with van der Waals surface area (Å²) in [4.78, 5) is 24.6. The minimum absolute atomic E-state index is 0.0183. The quantitative estimate of drug-likeness (QED) is 0.693. The Bertz CT molecular complexity index is 1090. The van der Waals surface area contributed by atoms with Crippen molar-refractivity contribution >= 4 is 28.3 Å². The molecule has 3 heterocycles. The van der Waals surface area contributed by atoms with Gasteiger partial charge >= 0.3 is 0 Å². The van der Waals surface area contributed by atoms with E-state index in [1.807, 2.05) is 23.1 Å². The third kappa shape index (κ3) is 3.27. The fourth-order valence-corrected chi connectivity index (χ4v) is 4.60. The van der Waals surface area contributed by atoms with Gasteiger partial charge in [-0.3, -0.25) is 9.69 Å². The van der Waals surface area contributed by atoms with E-state index >= 15 is 0 Å². The van der Waals surface area contributed by atoms with Crippen molar-refractivity contribution < 1.29 is 9.90 Å². The molecule has 154 valence electrons.